The van der Waals surface area contributed by atoms with E-state index in [4.69, 9.17) is 15.2 Å². The number of ether oxygens (including phenoxy) is 2. The van der Waals surface area contributed by atoms with Crippen LogP contribution in [0.5, 0.6) is 5.75 Å². The number of hydrogen-bond acceptors (Lipinski definition) is 5. The van der Waals surface area contributed by atoms with Crippen LogP contribution in [0.3, 0.4) is 0 Å². The summed E-state index contributed by atoms with van der Waals surface area (Å²) < 4.78 is 11.1. The summed E-state index contributed by atoms with van der Waals surface area (Å²) in [4.78, 5) is 6.57. The van der Waals surface area contributed by atoms with Crippen LogP contribution in [0, 0.1) is 0 Å². The first-order chi connectivity index (χ1) is 9.65. The second-order valence-corrected chi connectivity index (χ2v) is 5.47. The summed E-state index contributed by atoms with van der Waals surface area (Å²) in [6, 6.07) is 2.38. The Kier molecular flexibility index (Phi) is 5.61. The highest BCUT2D eigenvalue weighted by Crippen LogP contribution is 2.22. The molecule has 2 heterocycles. The zero-order chi connectivity index (χ0) is 14.4. The van der Waals surface area contributed by atoms with E-state index in [1.807, 2.05) is 26.1 Å². The Morgan fingerprint density at radius 3 is 2.75 bits per heavy atom. The molecule has 5 nitrogen and oxygen atoms in total. The van der Waals surface area contributed by atoms with Gasteiger partial charge in [-0.05, 0) is 26.7 Å². The SMILES string of the molecule is CC(C)OCCOc1cncc(N2CCC(N)CC2)c1. The fraction of sp³-hybridized carbons (Fsp3) is 0.667. The predicted octanol–water partition coefficient (Wildman–Crippen LogP) is 1.81. The summed E-state index contributed by atoms with van der Waals surface area (Å²) in [5.74, 6) is 0.796. The molecule has 1 aliphatic heterocycles. The second-order valence-electron chi connectivity index (χ2n) is 5.47. The van der Waals surface area contributed by atoms with E-state index in [0.29, 0.717) is 19.3 Å². The maximum Gasteiger partial charge on any atom is 0.139 e. The van der Waals surface area contributed by atoms with Crippen molar-refractivity contribution in [2.45, 2.75) is 38.8 Å². The van der Waals surface area contributed by atoms with E-state index in [1.165, 1.54) is 0 Å². The number of nitrogens with two attached hydrogens (primary N) is 1. The highest BCUT2D eigenvalue weighted by Gasteiger charge is 2.16. The first-order valence-electron chi connectivity index (χ1n) is 7.35. The summed E-state index contributed by atoms with van der Waals surface area (Å²) in [5, 5.41) is 0. The predicted molar refractivity (Wildman–Crippen MR) is 80.2 cm³/mol. The minimum Gasteiger partial charge on any atom is -0.489 e. The van der Waals surface area contributed by atoms with E-state index in [0.717, 1.165) is 37.4 Å². The number of rotatable bonds is 6. The third-order valence-corrected chi connectivity index (χ3v) is 3.41. The van der Waals surface area contributed by atoms with Crippen LogP contribution >= 0.6 is 0 Å². The van der Waals surface area contributed by atoms with Crippen molar-refractivity contribution in [3.05, 3.63) is 18.5 Å². The number of nitrogens with zero attached hydrogens (tertiary/aromatic N) is 2. The topological polar surface area (TPSA) is 60.6 Å². The highest BCUT2D eigenvalue weighted by atomic mass is 16.5. The molecule has 2 rings (SSSR count). The maximum absolute atomic E-state index is 5.93. The molecule has 1 aromatic rings. The Labute approximate surface area is 121 Å². The Morgan fingerprint density at radius 2 is 2.05 bits per heavy atom. The monoisotopic (exact) mass is 279 g/mol. The standard InChI is InChI=1S/C15H25N3O2/c1-12(2)19-7-8-20-15-9-14(10-17-11-15)18-5-3-13(16)4-6-18/h9-13H,3-8,16H2,1-2H3. The van der Waals surface area contributed by atoms with Crippen molar-refractivity contribution in [1.82, 2.24) is 4.98 Å². The highest BCUT2D eigenvalue weighted by molar-refractivity contribution is 5.48. The minimum absolute atomic E-state index is 0.237. The molecule has 0 unspecified atom stereocenters. The zero-order valence-electron chi connectivity index (χ0n) is 12.4. The van der Waals surface area contributed by atoms with Crippen LogP contribution in [-0.4, -0.2) is 43.4 Å². The van der Waals surface area contributed by atoms with Gasteiger partial charge < -0.3 is 20.1 Å². The molecule has 2 N–H and O–H groups in total. The molecule has 20 heavy (non-hydrogen) atoms. The minimum atomic E-state index is 0.237. The third kappa shape index (κ3) is 4.65. The van der Waals surface area contributed by atoms with Crippen LogP contribution in [0.4, 0.5) is 5.69 Å². The molecule has 112 valence electrons. The van der Waals surface area contributed by atoms with Gasteiger partial charge in [0.25, 0.3) is 0 Å². The number of piperidine rings is 1. The first kappa shape index (κ1) is 15.1. The van der Waals surface area contributed by atoms with E-state index in [1.54, 1.807) is 6.20 Å². The van der Waals surface area contributed by atoms with Crippen molar-refractivity contribution in [1.29, 1.82) is 0 Å². The Bertz CT molecular complexity index is 404. The molecule has 1 aliphatic rings. The molecule has 5 heteroatoms. The average molecular weight is 279 g/mol. The van der Waals surface area contributed by atoms with Gasteiger partial charge in [0.2, 0.25) is 0 Å². The molecule has 1 aromatic heterocycles. The van der Waals surface area contributed by atoms with Gasteiger partial charge in [0.05, 0.1) is 30.8 Å². The van der Waals surface area contributed by atoms with Crippen molar-refractivity contribution < 1.29 is 9.47 Å². The molecule has 1 fully saturated rings. The molecule has 0 aliphatic carbocycles. The lowest BCUT2D eigenvalue weighted by molar-refractivity contribution is 0.0552. The average Bonchev–Trinajstić information content (AvgIpc) is 2.44. The lowest BCUT2D eigenvalue weighted by atomic mass is 10.1. The van der Waals surface area contributed by atoms with Crippen LogP contribution < -0.4 is 15.4 Å². The molecule has 0 spiro atoms. The molecule has 1 saturated heterocycles. The van der Waals surface area contributed by atoms with Gasteiger partial charge in [-0.3, -0.25) is 4.98 Å². The number of aromatic nitrogens is 1. The number of hydrogen-bond donors (Lipinski definition) is 1. The molecule has 0 aromatic carbocycles. The maximum atomic E-state index is 5.93. The van der Waals surface area contributed by atoms with Crippen LogP contribution in [-0.2, 0) is 4.74 Å². The largest absolute Gasteiger partial charge is 0.489 e. The molecule has 0 radical (unpaired) electrons. The van der Waals surface area contributed by atoms with Crippen molar-refractivity contribution >= 4 is 5.69 Å². The summed E-state index contributed by atoms with van der Waals surface area (Å²) in [6.07, 6.45) is 5.93. The fourth-order valence-electron chi connectivity index (χ4n) is 2.26. The summed E-state index contributed by atoms with van der Waals surface area (Å²) in [5.41, 5.74) is 7.04. The van der Waals surface area contributed by atoms with Gasteiger partial charge in [0.1, 0.15) is 12.4 Å². The summed E-state index contributed by atoms with van der Waals surface area (Å²) in [7, 11) is 0. The van der Waals surface area contributed by atoms with Crippen molar-refractivity contribution in [2.75, 3.05) is 31.2 Å². The van der Waals surface area contributed by atoms with Gasteiger partial charge in [-0.25, -0.2) is 0 Å². The van der Waals surface area contributed by atoms with Gasteiger partial charge in [0.15, 0.2) is 0 Å². The summed E-state index contributed by atoms with van der Waals surface area (Å²) >= 11 is 0. The van der Waals surface area contributed by atoms with Crippen molar-refractivity contribution in [3.8, 4) is 5.75 Å². The van der Waals surface area contributed by atoms with Crippen molar-refractivity contribution in [2.24, 2.45) is 5.73 Å². The van der Waals surface area contributed by atoms with E-state index in [9.17, 15) is 0 Å². The van der Waals surface area contributed by atoms with Crippen LogP contribution in [0.2, 0.25) is 0 Å². The Morgan fingerprint density at radius 1 is 1.30 bits per heavy atom. The number of pyridine rings is 1. The fourth-order valence-corrected chi connectivity index (χ4v) is 2.26. The van der Waals surface area contributed by atoms with E-state index >= 15 is 0 Å². The van der Waals surface area contributed by atoms with Gasteiger partial charge in [-0.2, -0.15) is 0 Å². The first-order valence-corrected chi connectivity index (χ1v) is 7.35. The van der Waals surface area contributed by atoms with E-state index < -0.39 is 0 Å². The molecule has 0 atom stereocenters. The normalized spacial score (nSPS) is 16.7. The molecular weight excluding hydrogens is 254 g/mol. The third-order valence-electron chi connectivity index (χ3n) is 3.41. The molecule has 0 bridgehead atoms. The Balaban J connectivity index is 1.84. The Hall–Kier alpha value is -1.33. The van der Waals surface area contributed by atoms with Gasteiger partial charge in [-0.1, -0.05) is 0 Å². The van der Waals surface area contributed by atoms with Crippen molar-refractivity contribution in [3.63, 3.8) is 0 Å². The lowest BCUT2D eigenvalue weighted by Gasteiger charge is -2.31. The second kappa shape index (κ2) is 7.45. The molecule has 0 saturated carbocycles. The van der Waals surface area contributed by atoms with Crippen LogP contribution in [0.25, 0.3) is 0 Å². The van der Waals surface area contributed by atoms with Crippen LogP contribution in [0.15, 0.2) is 18.5 Å². The van der Waals surface area contributed by atoms with Gasteiger partial charge in [-0.15, -0.1) is 0 Å². The number of anilines is 1. The molecular formula is C15H25N3O2. The van der Waals surface area contributed by atoms with Gasteiger partial charge >= 0.3 is 0 Å². The van der Waals surface area contributed by atoms with E-state index in [-0.39, 0.29) is 6.10 Å². The van der Waals surface area contributed by atoms with Crippen LogP contribution in [0.1, 0.15) is 26.7 Å². The van der Waals surface area contributed by atoms with Gasteiger partial charge in [0, 0.05) is 25.2 Å². The molecule has 0 amide bonds. The quantitative estimate of drug-likeness (QED) is 0.805. The zero-order valence-corrected chi connectivity index (χ0v) is 12.4. The van der Waals surface area contributed by atoms with E-state index in [2.05, 4.69) is 9.88 Å². The summed E-state index contributed by atoms with van der Waals surface area (Å²) in [6.45, 7) is 7.16. The lowest BCUT2D eigenvalue weighted by Crippen LogP contribution is -2.39. The smallest absolute Gasteiger partial charge is 0.139 e.